The molecule has 1 aliphatic rings. The molecule has 3 heterocycles. The molecule has 0 radical (unpaired) electrons. The van der Waals surface area contributed by atoms with Crippen molar-refractivity contribution in [2.75, 3.05) is 31.5 Å². The Morgan fingerprint density at radius 2 is 1.52 bits per heavy atom. The van der Waals surface area contributed by atoms with Crippen molar-refractivity contribution in [2.45, 2.75) is 25.2 Å². The number of piperidine rings is 1. The summed E-state index contributed by atoms with van der Waals surface area (Å²) in [4.78, 5) is 40.3. The molecule has 1 aliphatic heterocycles. The number of hydrogen-bond donors (Lipinski definition) is 3. The Morgan fingerprint density at radius 3 is 2.17 bits per heavy atom. The molecule has 0 spiro atoms. The summed E-state index contributed by atoms with van der Waals surface area (Å²) in [5, 5.41) is 6.86. The van der Waals surface area contributed by atoms with Gasteiger partial charge in [-0.1, -0.05) is 91.0 Å². The number of aromatic amines is 1. The standard InChI is InChI=1S/C34H34N6O2/c1-24(41)35-19-20-36-31-28-22-29(37-32(28)39-30(38-31)25-12-5-2-6-13-25)33(42)40-21-11-18-34(23-40,26-14-7-3-8-15-26)27-16-9-4-10-17-27/h2-10,12-17,22H,11,18-21,23H2,1H3,(H,35,41)(H2,36,37,38,39). The summed E-state index contributed by atoms with van der Waals surface area (Å²) in [5.74, 6) is 1.01. The van der Waals surface area contributed by atoms with Crippen LogP contribution in [0.25, 0.3) is 22.4 Å². The number of nitrogens with one attached hydrogen (secondary N) is 3. The van der Waals surface area contributed by atoms with Gasteiger partial charge in [0.15, 0.2) is 5.82 Å². The van der Waals surface area contributed by atoms with Crippen molar-refractivity contribution in [3.05, 3.63) is 114 Å². The third-order valence-corrected chi connectivity index (χ3v) is 7.97. The zero-order chi connectivity index (χ0) is 28.9. The topological polar surface area (TPSA) is 103 Å². The monoisotopic (exact) mass is 558 g/mol. The van der Waals surface area contributed by atoms with E-state index in [9.17, 15) is 9.59 Å². The number of benzene rings is 3. The number of rotatable bonds is 8. The van der Waals surface area contributed by atoms with E-state index >= 15 is 0 Å². The van der Waals surface area contributed by atoms with E-state index in [4.69, 9.17) is 9.97 Å². The molecule has 0 aliphatic carbocycles. The van der Waals surface area contributed by atoms with E-state index < -0.39 is 0 Å². The fourth-order valence-electron chi connectivity index (χ4n) is 5.95. The molecule has 3 aromatic carbocycles. The number of likely N-dealkylation sites (tertiary alicyclic amines) is 1. The quantitative estimate of drug-likeness (QED) is 0.222. The van der Waals surface area contributed by atoms with Crippen molar-refractivity contribution < 1.29 is 9.59 Å². The number of carbonyl (C=O) groups is 2. The number of nitrogens with zero attached hydrogens (tertiary/aromatic N) is 3. The predicted molar refractivity (Wildman–Crippen MR) is 165 cm³/mol. The summed E-state index contributed by atoms with van der Waals surface area (Å²) in [6.45, 7) is 3.69. The van der Waals surface area contributed by atoms with Gasteiger partial charge < -0.3 is 20.5 Å². The largest absolute Gasteiger partial charge is 0.368 e. The Kier molecular flexibility index (Phi) is 7.68. The van der Waals surface area contributed by atoms with Crippen LogP contribution >= 0.6 is 0 Å². The summed E-state index contributed by atoms with van der Waals surface area (Å²) in [6, 6.07) is 32.6. The van der Waals surface area contributed by atoms with Crippen LogP contribution in [0.15, 0.2) is 97.1 Å². The van der Waals surface area contributed by atoms with Gasteiger partial charge in [0.25, 0.3) is 5.91 Å². The van der Waals surface area contributed by atoms with Crippen molar-refractivity contribution in [1.82, 2.24) is 25.2 Å². The Bertz CT molecular complexity index is 1650. The van der Waals surface area contributed by atoms with Crippen LogP contribution in [-0.2, 0) is 10.2 Å². The average Bonchev–Trinajstić information content (AvgIpc) is 3.48. The number of fused-ring (bicyclic) bond motifs is 1. The number of amides is 2. The fraction of sp³-hybridized carbons (Fsp3) is 0.235. The molecule has 2 amide bonds. The van der Waals surface area contributed by atoms with Gasteiger partial charge in [-0.3, -0.25) is 9.59 Å². The smallest absolute Gasteiger partial charge is 0.270 e. The molecule has 212 valence electrons. The lowest BCUT2D eigenvalue weighted by molar-refractivity contribution is -0.118. The summed E-state index contributed by atoms with van der Waals surface area (Å²) >= 11 is 0. The van der Waals surface area contributed by atoms with Crippen LogP contribution in [0.5, 0.6) is 0 Å². The lowest BCUT2D eigenvalue weighted by atomic mass is 9.69. The van der Waals surface area contributed by atoms with Gasteiger partial charge in [0.1, 0.15) is 17.2 Å². The van der Waals surface area contributed by atoms with Crippen molar-refractivity contribution >= 4 is 28.7 Å². The Hall–Kier alpha value is -4.98. The minimum absolute atomic E-state index is 0.0607. The molecule has 5 aromatic rings. The highest BCUT2D eigenvalue weighted by Crippen LogP contribution is 2.41. The number of carbonyl (C=O) groups excluding carboxylic acids is 2. The van der Waals surface area contributed by atoms with Gasteiger partial charge in [-0.05, 0) is 30.0 Å². The van der Waals surface area contributed by atoms with E-state index in [1.54, 1.807) is 0 Å². The molecule has 42 heavy (non-hydrogen) atoms. The molecule has 6 rings (SSSR count). The normalized spacial score (nSPS) is 14.5. The third-order valence-electron chi connectivity index (χ3n) is 7.97. The van der Waals surface area contributed by atoms with Gasteiger partial charge in [-0.25, -0.2) is 9.97 Å². The highest BCUT2D eigenvalue weighted by molar-refractivity contribution is 6.00. The molecule has 1 fully saturated rings. The highest BCUT2D eigenvalue weighted by Gasteiger charge is 2.40. The van der Waals surface area contributed by atoms with E-state index in [-0.39, 0.29) is 17.2 Å². The summed E-state index contributed by atoms with van der Waals surface area (Å²) < 4.78 is 0. The van der Waals surface area contributed by atoms with E-state index in [2.05, 4.69) is 64.1 Å². The second kappa shape index (κ2) is 11.9. The number of anilines is 1. The van der Waals surface area contributed by atoms with Crippen molar-refractivity contribution in [2.24, 2.45) is 0 Å². The van der Waals surface area contributed by atoms with Crippen LogP contribution < -0.4 is 10.6 Å². The molecule has 8 nitrogen and oxygen atoms in total. The lowest BCUT2D eigenvalue weighted by Crippen LogP contribution is -2.49. The van der Waals surface area contributed by atoms with Gasteiger partial charge in [-0.2, -0.15) is 0 Å². The maximum Gasteiger partial charge on any atom is 0.270 e. The number of hydrogen-bond acceptors (Lipinski definition) is 5. The number of H-pyrrole nitrogens is 1. The van der Waals surface area contributed by atoms with Crippen LogP contribution in [-0.4, -0.2) is 57.8 Å². The van der Waals surface area contributed by atoms with Crippen LogP contribution in [0, 0.1) is 0 Å². The van der Waals surface area contributed by atoms with Crippen molar-refractivity contribution in [1.29, 1.82) is 0 Å². The van der Waals surface area contributed by atoms with Crippen LogP contribution in [0.3, 0.4) is 0 Å². The molecule has 0 unspecified atom stereocenters. The minimum Gasteiger partial charge on any atom is -0.368 e. The van der Waals surface area contributed by atoms with E-state index in [0.717, 1.165) is 23.8 Å². The van der Waals surface area contributed by atoms with Crippen molar-refractivity contribution in [3.8, 4) is 11.4 Å². The fourth-order valence-corrected chi connectivity index (χ4v) is 5.95. The van der Waals surface area contributed by atoms with Crippen LogP contribution in [0.4, 0.5) is 5.82 Å². The maximum absolute atomic E-state index is 14.1. The predicted octanol–water partition coefficient (Wildman–Crippen LogP) is 5.40. The second-order valence-corrected chi connectivity index (χ2v) is 10.8. The molecule has 0 bridgehead atoms. The Labute approximate surface area is 245 Å². The molecule has 8 heteroatoms. The summed E-state index contributed by atoms with van der Waals surface area (Å²) in [5.41, 5.74) is 4.08. The summed E-state index contributed by atoms with van der Waals surface area (Å²) in [7, 11) is 0. The first kappa shape index (κ1) is 27.2. The number of aromatic nitrogens is 3. The van der Waals surface area contributed by atoms with Gasteiger partial charge in [0.05, 0.1) is 5.39 Å². The van der Waals surface area contributed by atoms with Crippen LogP contribution in [0.1, 0.15) is 41.4 Å². The van der Waals surface area contributed by atoms with E-state index in [1.807, 2.05) is 53.4 Å². The Balaban J connectivity index is 1.34. The molecule has 3 N–H and O–H groups in total. The van der Waals surface area contributed by atoms with Gasteiger partial charge in [0.2, 0.25) is 5.91 Å². The molecule has 0 atom stereocenters. The molecular formula is C34H34N6O2. The van der Waals surface area contributed by atoms with Crippen molar-refractivity contribution in [3.63, 3.8) is 0 Å². The molecular weight excluding hydrogens is 524 g/mol. The first-order valence-corrected chi connectivity index (χ1v) is 14.4. The molecule has 1 saturated heterocycles. The second-order valence-electron chi connectivity index (χ2n) is 10.8. The van der Waals surface area contributed by atoms with Gasteiger partial charge in [0, 0.05) is 44.1 Å². The lowest BCUT2D eigenvalue weighted by Gasteiger charge is -2.43. The summed E-state index contributed by atoms with van der Waals surface area (Å²) in [6.07, 6.45) is 1.86. The highest BCUT2D eigenvalue weighted by atomic mass is 16.2. The molecule has 0 saturated carbocycles. The van der Waals surface area contributed by atoms with Gasteiger partial charge in [-0.15, -0.1) is 0 Å². The van der Waals surface area contributed by atoms with Gasteiger partial charge >= 0.3 is 0 Å². The SMILES string of the molecule is CC(=O)NCCNc1nc(-c2ccccc2)nc2[nH]c(C(=O)N3CCCC(c4ccccc4)(c4ccccc4)C3)cc12. The zero-order valence-electron chi connectivity index (χ0n) is 23.6. The first-order valence-electron chi connectivity index (χ1n) is 14.4. The first-order chi connectivity index (χ1) is 20.5. The van der Waals surface area contributed by atoms with E-state index in [1.165, 1.54) is 18.1 Å². The maximum atomic E-state index is 14.1. The van der Waals surface area contributed by atoms with Crippen LogP contribution in [0.2, 0.25) is 0 Å². The zero-order valence-corrected chi connectivity index (χ0v) is 23.6. The third kappa shape index (κ3) is 5.48. The minimum atomic E-state index is -0.293. The van der Waals surface area contributed by atoms with E-state index in [0.29, 0.717) is 49.2 Å². The molecule has 2 aromatic heterocycles. The average molecular weight is 559 g/mol. The Morgan fingerprint density at radius 1 is 0.881 bits per heavy atom.